The quantitative estimate of drug-likeness (QED) is 0.780. The zero-order valence-electron chi connectivity index (χ0n) is 11.0. The van der Waals surface area contributed by atoms with Gasteiger partial charge in [0.15, 0.2) is 0 Å². The van der Waals surface area contributed by atoms with Crippen molar-refractivity contribution in [2.45, 2.75) is 0 Å². The Hall–Kier alpha value is -2.57. The molecule has 0 bridgehead atoms. The number of ether oxygens (including phenoxy) is 1. The molecule has 106 valence electrons. The van der Waals surface area contributed by atoms with Crippen LogP contribution >= 0.6 is 0 Å². The van der Waals surface area contributed by atoms with Crippen molar-refractivity contribution < 1.29 is 19.1 Å². The van der Waals surface area contributed by atoms with Crippen molar-refractivity contribution in [3.05, 3.63) is 29.8 Å². The number of imide groups is 1. The number of esters is 1. The van der Waals surface area contributed by atoms with Crippen molar-refractivity contribution in [1.82, 2.24) is 10.2 Å². The molecule has 0 aliphatic carbocycles. The first-order valence-electron chi connectivity index (χ1n) is 6.12. The molecule has 1 aromatic carbocycles. The predicted molar refractivity (Wildman–Crippen MR) is 71.4 cm³/mol. The smallest absolute Gasteiger partial charge is 0.337 e. The number of amides is 3. The molecule has 0 saturated carbocycles. The third-order valence-corrected chi connectivity index (χ3v) is 2.91. The van der Waals surface area contributed by atoms with E-state index in [-0.39, 0.29) is 18.5 Å². The van der Waals surface area contributed by atoms with E-state index < -0.39 is 5.97 Å². The van der Waals surface area contributed by atoms with Crippen LogP contribution in [-0.2, 0) is 9.53 Å². The average Bonchev–Trinajstić information content (AvgIpc) is 2.90. The molecule has 0 spiro atoms. The Morgan fingerprint density at radius 1 is 1.35 bits per heavy atom. The lowest BCUT2D eigenvalue weighted by atomic mass is 10.2. The SMILES string of the molecule is COC(=O)c1ccc(NCC(=O)N2CCNC2=O)cc1. The summed E-state index contributed by atoms with van der Waals surface area (Å²) in [6, 6.07) is 6.17. The maximum absolute atomic E-state index is 11.8. The molecule has 1 fully saturated rings. The molecule has 7 heteroatoms. The highest BCUT2D eigenvalue weighted by atomic mass is 16.5. The fourth-order valence-electron chi connectivity index (χ4n) is 1.82. The second-order valence-electron chi connectivity index (χ2n) is 4.20. The van der Waals surface area contributed by atoms with Crippen molar-refractivity contribution in [2.24, 2.45) is 0 Å². The zero-order chi connectivity index (χ0) is 14.5. The van der Waals surface area contributed by atoms with Crippen LogP contribution in [0.15, 0.2) is 24.3 Å². The van der Waals surface area contributed by atoms with Crippen molar-refractivity contribution in [1.29, 1.82) is 0 Å². The second-order valence-corrected chi connectivity index (χ2v) is 4.20. The summed E-state index contributed by atoms with van der Waals surface area (Å²) in [5.41, 5.74) is 1.12. The van der Waals surface area contributed by atoms with Gasteiger partial charge >= 0.3 is 12.0 Å². The van der Waals surface area contributed by atoms with Crippen molar-refractivity contribution in [2.75, 3.05) is 32.1 Å². The van der Waals surface area contributed by atoms with Gasteiger partial charge in [-0.05, 0) is 24.3 Å². The fraction of sp³-hybridized carbons (Fsp3) is 0.308. The molecule has 1 aliphatic heterocycles. The standard InChI is InChI=1S/C13H15N3O4/c1-20-12(18)9-2-4-10(5-3-9)15-8-11(17)16-7-6-14-13(16)19/h2-5,15H,6-8H2,1H3,(H,14,19). The maximum atomic E-state index is 11.8. The molecule has 7 nitrogen and oxygen atoms in total. The molecular weight excluding hydrogens is 262 g/mol. The molecule has 1 aromatic rings. The number of hydrogen-bond acceptors (Lipinski definition) is 5. The molecule has 2 rings (SSSR count). The van der Waals surface area contributed by atoms with E-state index in [1.807, 2.05) is 0 Å². The number of carbonyl (C=O) groups is 3. The summed E-state index contributed by atoms with van der Waals surface area (Å²) in [5, 5.41) is 5.46. The van der Waals surface area contributed by atoms with Gasteiger partial charge < -0.3 is 15.4 Å². The van der Waals surface area contributed by atoms with Crippen LogP contribution in [0.5, 0.6) is 0 Å². The molecule has 20 heavy (non-hydrogen) atoms. The number of rotatable bonds is 4. The summed E-state index contributed by atoms with van der Waals surface area (Å²) in [6.45, 7) is 0.893. The van der Waals surface area contributed by atoms with Gasteiger partial charge in [0.05, 0.1) is 19.2 Å². The Kier molecular flexibility index (Phi) is 4.19. The number of anilines is 1. The Balaban J connectivity index is 1.89. The van der Waals surface area contributed by atoms with Gasteiger partial charge in [-0.3, -0.25) is 9.69 Å². The van der Waals surface area contributed by atoms with E-state index in [0.717, 1.165) is 4.90 Å². The van der Waals surface area contributed by atoms with Crippen LogP contribution in [0.4, 0.5) is 10.5 Å². The normalized spacial score (nSPS) is 13.8. The topological polar surface area (TPSA) is 87.7 Å². The molecule has 0 radical (unpaired) electrons. The van der Waals surface area contributed by atoms with Crippen molar-refractivity contribution >= 4 is 23.6 Å². The number of nitrogens with zero attached hydrogens (tertiary/aromatic N) is 1. The molecule has 1 saturated heterocycles. The predicted octanol–water partition coefficient (Wildman–Crippen LogP) is 0.437. The summed E-state index contributed by atoms with van der Waals surface area (Å²) < 4.78 is 4.59. The van der Waals surface area contributed by atoms with Crippen LogP contribution in [-0.4, -0.2) is 49.6 Å². The number of methoxy groups -OCH3 is 1. The Labute approximate surface area is 115 Å². The number of nitrogens with one attached hydrogen (secondary N) is 2. The zero-order valence-corrected chi connectivity index (χ0v) is 11.0. The number of urea groups is 1. The summed E-state index contributed by atoms with van der Waals surface area (Å²) in [6.07, 6.45) is 0. The monoisotopic (exact) mass is 277 g/mol. The van der Waals surface area contributed by atoms with Crippen LogP contribution in [0, 0.1) is 0 Å². The van der Waals surface area contributed by atoms with Gasteiger partial charge in [-0.15, -0.1) is 0 Å². The third kappa shape index (κ3) is 3.05. The van der Waals surface area contributed by atoms with Crippen LogP contribution in [0.3, 0.4) is 0 Å². The number of carbonyl (C=O) groups excluding carboxylic acids is 3. The van der Waals surface area contributed by atoms with Gasteiger partial charge in [-0.1, -0.05) is 0 Å². The molecular formula is C13H15N3O4. The molecule has 1 aliphatic rings. The summed E-state index contributed by atoms with van der Waals surface area (Å²) in [7, 11) is 1.31. The lowest BCUT2D eigenvalue weighted by Gasteiger charge is -2.13. The van der Waals surface area contributed by atoms with E-state index in [2.05, 4.69) is 15.4 Å². The second kappa shape index (κ2) is 6.05. The van der Waals surface area contributed by atoms with Gasteiger partial charge in [0.2, 0.25) is 5.91 Å². The van der Waals surface area contributed by atoms with Gasteiger partial charge in [-0.2, -0.15) is 0 Å². The lowest BCUT2D eigenvalue weighted by molar-refractivity contribution is -0.125. The van der Waals surface area contributed by atoms with Gasteiger partial charge in [0, 0.05) is 18.8 Å². The number of benzene rings is 1. The Morgan fingerprint density at radius 3 is 2.60 bits per heavy atom. The summed E-state index contributed by atoms with van der Waals surface area (Å²) >= 11 is 0. The third-order valence-electron chi connectivity index (χ3n) is 2.91. The lowest BCUT2D eigenvalue weighted by Crippen LogP contribution is -2.37. The van der Waals surface area contributed by atoms with Crippen LogP contribution in [0.2, 0.25) is 0 Å². The Morgan fingerprint density at radius 2 is 2.05 bits per heavy atom. The van der Waals surface area contributed by atoms with Gasteiger partial charge in [-0.25, -0.2) is 9.59 Å². The maximum Gasteiger partial charge on any atom is 0.337 e. The number of hydrogen-bond donors (Lipinski definition) is 2. The molecule has 1 heterocycles. The summed E-state index contributed by atoms with van der Waals surface area (Å²) in [5.74, 6) is -0.710. The van der Waals surface area contributed by atoms with E-state index in [4.69, 9.17) is 0 Å². The van der Waals surface area contributed by atoms with Gasteiger partial charge in [0.1, 0.15) is 0 Å². The average molecular weight is 277 g/mol. The van der Waals surface area contributed by atoms with E-state index in [9.17, 15) is 14.4 Å². The highest BCUT2D eigenvalue weighted by molar-refractivity contribution is 5.97. The minimum Gasteiger partial charge on any atom is -0.465 e. The van der Waals surface area contributed by atoms with Crippen molar-refractivity contribution in [3.63, 3.8) is 0 Å². The van der Waals surface area contributed by atoms with Gasteiger partial charge in [0.25, 0.3) is 0 Å². The minimum absolute atomic E-state index is 0.0188. The van der Waals surface area contributed by atoms with E-state index in [0.29, 0.717) is 24.3 Å². The van der Waals surface area contributed by atoms with Crippen LogP contribution in [0.1, 0.15) is 10.4 Å². The molecule has 0 atom stereocenters. The first-order chi connectivity index (χ1) is 9.61. The fourth-order valence-corrected chi connectivity index (χ4v) is 1.82. The molecule has 2 N–H and O–H groups in total. The first kappa shape index (κ1) is 13.9. The highest BCUT2D eigenvalue weighted by Crippen LogP contribution is 2.10. The molecule has 0 unspecified atom stereocenters. The Bertz CT molecular complexity index is 527. The van der Waals surface area contributed by atoms with E-state index >= 15 is 0 Å². The van der Waals surface area contributed by atoms with E-state index in [1.54, 1.807) is 24.3 Å². The highest BCUT2D eigenvalue weighted by Gasteiger charge is 2.25. The minimum atomic E-state index is -0.415. The largest absolute Gasteiger partial charge is 0.465 e. The molecule has 0 aromatic heterocycles. The van der Waals surface area contributed by atoms with E-state index in [1.165, 1.54) is 7.11 Å². The first-order valence-corrected chi connectivity index (χ1v) is 6.12. The van der Waals surface area contributed by atoms with Crippen LogP contribution < -0.4 is 10.6 Å². The molecule has 3 amide bonds. The van der Waals surface area contributed by atoms with Crippen LogP contribution in [0.25, 0.3) is 0 Å². The summed E-state index contributed by atoms with van der Waals surface area (Å²) in [4.78, 5) is 35.5. The van der Waals surface area contributed by atoms with Crippen molar-refractivity contribution in [3.8, 4) is 0 Å².